The predicted molar refractivity (Wildman–Crippen MR) is 84.6 cm³/mol. The maximum atomic E-state index is 12.2. The van der Waals surface area contributed by atoms with Gasteiger partial charge in [0.15, 0.2) is 0 Å². The highest BCUT2D eigenvalue weighted by Crippen LogP contribution is 2.27. The largest absolute Gasteiger partial charge is 0.326 e. The standard InChI is InChI=1S/C15H20ClN3O2/c1-2-14(20)18-11-3-4-12(16)13(9-11)19-15(21)10-5-7-17-8-6-10/h3-4,9-10,17H,2,5-8H2,1H3,(H,18,20)(H,19,21). The molecule has 0 radical (unpaired) electrons. The van der Waals surface area contributed by atoms with Crippen LogP contribution < -0.4 is 16.0 Å². The molecule has 0 atom stereocenters. The Bertz CT molecular complexity index is 528. The molecule has 0 unspecified atom stereocenters. The summed E-state index contributed by atoms with van der Waals surface area (Å²) in [5.74, 6) is -0.0819. The van der Waals surface area contributed by atoms with E-state index in [-0.39, 0.29) is 17.7 Å². The van der Waals surface area contributed by atoms with E-state index in [1.54, 1.807) is 25.1 Å². The van der Waals surface area contributed by atoms with E-state index in [1.807, 2.05) is 0 Å². The van der Waals surface area contributed by atoms with Gasteiger partial charge in [0.2, 0.25) is 11.8 Å². The normalized spacial score (nSPS) is 15.5. The number of carbonyl (C=O) groups excluding carboxylic acids is 2. The van der Waals surface area contributed by atoms with Crippen molar-refractivity contribution in [1.82, 2.24) is 5.32 Å². The molecule has 114 valence electrons. The Labute approximate surface area is 129 Å². The molecular formula is C15H20ClN3O2. The van der Waals surface area contributed by atoms with Crippen LogP contribution in [0.3, 0.4) is 0 Å². The molecule has 0 aromatic heterocycles. The predicted octanol–water partition coefficient (Wildman–Crippen LogP) is 2.63. The highest BCUT2D eigenvalue weighted by Gasteiger charge is 2.21. The average Bonchev–Trinajstić information content (AvgIpc) is 2.51. The van der Waals surface area contributed by atoms with E-state index in [0.717, 1.165) is 25.9 Å². The van der Waals surface area contributed by atoms with Gasteiger partial charge in [0.1, 0.15) is 0 Å². The number of nitrogens with one attached hydrogen (secondary N) is 3. The fourth-order valence-corrected chi connectivity index (χ4v) is 2.43. The van der Waals surface area contributed by atoms with Crippen LogP contribution in [0.15, 0.2) is 18.2 Å². The van der Waals surface area contributed by atoms with Crippen LogP contribution in [0.1, 0.15) is 26.2 Å². The Morgan fingerprint density at radius 1 is 1.29 bits per heavy atom. The van der Waals surface area contributed by atoms with Gasteiger partial charge in [-0.3, -0.25) is 9.59 Å². The van der Waals surface area contributed by atoms with E-state index < -0.39 is 0 Å². The lowest BCUT2D eigenvalue weighted by Gasteiger charge is -2.22. The minimum atomic E-state index is -0.0760. The van der Waals surface area contributed by atoms with E-state index in [2.05, 4.69) is 16.0 Å². The molecule has 3 N–H and O–H groups in total. The Morgan fingerprint density at radius 2 is 2.00 bits per heavy atom. The maximum absolute atomic E-state index is 12.2. The topological polar surface area (TPSA) is 70.2 Å². The molecule has 0 aliphatic carbocycles. The molecule has 1 saturated heterocycles. The Morgan fingerprint density at radius 3 is 2.67 bits per heavy atom. The minimum Gasteiger partial charge on any atom is -0.326 e. The van der Waals surface area contributed by atoms with E-state index in [4.69, 9.17) is 11.6 Å². The van der Waals surface area contributed by atoms with E-state index in [9.17, 15) is 9.59 Å². The van der Waals surface area contributed by atoms with Crippen molar-refractivity contribution >= 4 is 34.8 Å². The van der Waals surface area contributed by atoms with Crippen molar-refractivity contribution in [1.29, 1.82) is 0 Å². The zero-order valence-electron chi connectivity index (χ0n) is 12.0. The molecule has 1 aromatic carbocycles. The number of carbonyl (C=O) groups is 2. The molecule has 2 amide bonds. The Balaban J connectivity index is 2.05. The first-order chi connectivity index (χ1) is 10.1. The molecule has 1 aliphatic heterocycles. The number of rotatable bonds is 4. The van der Waals surface area contributed by atoms with Gasteiger partial charge in [0.25, 0.3) is 0 Å². The second-order valence-electron chi connectivity index (χ2n) is 5.11. The van der Waals surface area contributed by atoms with E-state index in [1.165, 1.54) is 0 Å². The first kappa shape index (κ1) is 15.8. The zero-order chi connectivity index (χ0) is 15.2. The summed E-state index contributed by atoms with van der Waals surface area (Å²) in [5.41, 5.74) is 1.17. The van der Waals surface area contributed by atoms with Gasteiger partial charge in [-0.1, -0.05) is 18.5 Å². The number of hydrogen-bond donors (Lipinski definition) is 3. The summed E-state index contributed by atoms with van der Waals surface area (Å²) in [6.45, 7) is 3.50. The van der Waals surface area contributed by atoms with Gasteiger partial charge in [-0.05, 0) is 44.1 Å². The second-order valence-corrected chi connectivity index (χ2v) is 5.52. The van der Waals surface area contributed by atoms with Crippen molar-refractivity contribution in [3.8, 4) is 0 Å². The molecule has 1 aliphatic rings. The summed E-state index contributed by atoms with van der Waals surface area (Å²) < 4.78 is 0. The van der Waals surface area contributed by atoms with Gasteiger partial charge in [-0.15, -0.1) is 0 Å². The van der Waals surface area contributed by atoms with E-state index >= 15 is 0 Å². The van der Waals surface area contributed by atoms with Crippen LogP contribution in [0, 0.1) is 5.92 Å². The van der Waals surface area contributed by atoms with Crippen LogP contribution in [-0.2, 0) is 9.59 Å². The van der Waals surface area contributed by atoms with Gasteiger partial charge in [0.05, 0.1) is 10.7 Å². The van der Waals surface area contributed by atoms with Crippen LogP contribution >= 0.6 is 11.6 Å². The van der Waals surface area contributed by atoms with Crippen LogP contribution in [0.25, 0.3) is 0 Å². The lowest BCUT2D eigenvalue weighted by Crippen LogP contribution is -2.34. The van der Waals surface area contributed by atoms with Crippen LogP contribution in [0.2, 0.25) is 5.02 Å². The highest BCUT2D eigenvalue weighted by atomic mass is 35.5. The third kappa shape index (κ3) is 4.44. The maximum Gasteiger partial charge on any atom is 0.227 e. The molecule has 21 heavy (non-hydrogen) atoms. The summed E-state index contributed by atoms with van der Waals surface area (Å²) >= 11 is 6.11. The number of hydrogen-bond acceptors (Lipinski definition) is 3. The van der Waals surface area contributed by atoms with Crippen molar-refractivity contribution in [2.75, 3.05) is 23.7 Å². The third-order valence-electron chi connectivity index (χ3n) is 3.54. The summed E-state index contributed by atoms with van der Waals surface area (Å²) in [5, 5.41) is 9.31. The molecule has 1 aromatic rings. The van der Waals surface area contributed by atoms with Crippen molar-refractivity contribution in [2.24, 2.45) is 5.92 Å². The smallest absolute Gasteiger partial charge is 0.227 e. The van der Waals surface area contributed by atoms with E-state index in [0.29, 0.717) is 22.8 Å². The summed E-state index contributed by atoms with van der Waals surface area (Å²) in [6.07, 6.45) is 2.06. The molecule has 5 nitrogen and oxygen atoms in total. The van der Waals surface area contributed by atoms with Gasteiger partial charge in [0, 0.05) is 18.0 Å². The van der Waals surface area contributed by atoms with Crippen molar-refractivity contribution in [2.45, 2.75) is 26.2 Å². The summed E-state index contributed by atoms with van der Waals surface area (Å²) in [4.78, 5) is 23.6. The Hall–Kier alpha value is -1.59. The lowest BCUT2D eigenvalue weighted by molar-refractivity contribution is -0.120. The summed E-state index contributed by atoms with van der Waals surface area (Å²) in [7, 11) is 0. The fourth-order valence-electron chi connectivity index (χ4n) is 2.27. The summed E-state index contributed by atoms with van der Waals surface area (Å²) in [6, 6.07) is 5.08. The number of benzene rings is 1. The van der Waals surface area contributed by atoms with Crippen LogP contribution in [0.5, 0.6) is 0 Å². The average molecular weight is 310 g/mol. The molecule has 0 bridgehead atoms. The van der Waals surface area contributed by atoms with Crippen LogP contribution in [-0.4, -0.2) is 24.9 Å². The quantitative estimate of drug-likeness (QED) is 0.800. The van der Waals surface area contributed by atoms with Gasteiger partial charge in [-0.25, -0.2) is 0 Å². The molecule has 6 heteroatoms. The van der Waals surface area contributed by atoms with Gasteiger partial charge < -0.3 is 16.0 Å². The second kappa shape index (κ2) is 7.43. The number of piperidine rings is 1. The van der Waals surface area contributed by atoms with Crippen molar-refractivity contribution in [3.05, 3.63) is 23.2 Å². The first-order valence-corrected chi connectivity index (χ1v) is 7.59. The molecule has 0 spiro atoms. The van der Waals surface area contributed by atoms with Gasteiger partial charge in [-0.2, -0.15) is 0 Å². The monoisotopic (exact) mass is 309 g/mol. The van der Waals surface area contributed by atoms with Crippen molar-refractivity contribution in [3.63, 3.8) is 0 Å². The molecule has 0 saturated carbocycles. The fraction of sp³-hybridized carbons (Fsp3) is 0.467. The zero-order valence-corrected chi connectivity index (χ0v) is 12.8. The molecular weight excluding hydrogens is 290 g/mol. The third-order valence-corrected chi connectivity index (χ3v) is 3.87. The minimum absolute atomic E-state index is 0.0104. The van der Waals surface area contributed by atoms with Gasteiger partial charge >= 0.3 is 0 Å². The van der Waals surface area contributed by atoms with Crippen molar-refractivity contribution < 1.29 is 9.59 Å². The first-order valence-electron chi connectivity index (χ1n) is 7.21. The SMILES string of the molecule is CCC(=O)Nc1ccc(Cl)c(NC(=O)C2CCNCC2)c1. The molecule has 1 fully saturated rings. The lowest BCUT2D eigenvalue weighted by atomic mass is 9.97. The van der Waals surface area contributed by atoms with Crippen LogP contribution in [0.4, 0.5) is 11.4 Å². The molecule has 2 rings (SSSR count). The number of amides is 2. The number of anilines is 2. The molecule has 1 heterocycles. The highest BCUT2D eigenvalue weighted by molar-refractivity contribution is 6.33. The Kier molecular flexibility index (Phi) is 5.59. The number of halogens is 1.